The number of pyridine rings is 1. The number of hydrogen-bond donors (Lipinski definition) is 1. The van der Waals surface area contributed by atoms with Crippen LogP contribution in [0, 0.1) is 0 Å². The van der Waals surface area contributed by atoms with Crippen molar-refractivity contribution in [3.05, 3.63) is 77.1 Å². The van der Waals surface area contributed by atoms with Crippen LogP contribution in [0.25, 0.3) is 11.5 Å². The number of nitrogens with zero attached hydrogens (tertiary/aromatic N) is 1. The van der Waals surface area contributed by atoms with E-state index in [1.54, 1.807) is 24.6 Å². The highest BCUT2D eigenvalue weighted by atomic mass is 35.5. The first-order valence-corrected chi connectivity index (χ1v) is 7.59. The van der Waals surface area contributed by atoms with Gasteiger partial charge in [0.25, 0.3) is 0 Å². The second kappa shape index (κ2) is 7.11. The summed E-state index contributed by atoms with van der Waals surface area (Å²) in [6, 6.07) is 14.7. The molecule has 0 aliphatic heterocycles. The van der Waals surface area contributed by atoms with Gasteiger partial charge in [0.15, 0.2) is 5.76 Å². The number of halogens is 1. The van der Waals surface area contributed by atoms with Crippen molar-refractivity contribution in [2.24, 2.45) is 0 Å². The summed E-state index contributed by atoms with van der Waals surface area (Å²) in [5.74, 6) is 0.633. The molecule has 4 nitrogen and oxygen atoms in total. The molecule has 0 radical (unpaired) electrons. The van der Waals surface area contributed by atoms with Gasteiger partial charge < -0.3 is 9.73 Å². The number of amides is 1. The van der Waals surface area contributed by atoms with Gasteiger partial charge in [-0.15, -0.1) is 0 Å². The van der Waals surface area contributed by atoms with Gasteiger partial charge in [-0.25, -0.2) is 0 Å². The van der Waals surface area contributed by atoms with Gasteiger partial charge >= 0.3 is 0 Å². The Hall–Kier alpha value is -2.59. The average Bonchev–Trinajstić information content (AvgIpc) is 3.10. The van der Waals surface area contributed by atoms with Crippen molar-refractivity contribution in [2.45, 2.75) is 13.0 Å². The number of carbonyl (C=O) groups excluding carboxylic acids is 1. The normalized spacial score (nSPS) is 10.5. The Morgan fingerprint density at radius 3 is 2.70 bits per heavy atom. The highest BCUT2D eigenvalue weighted by molar-refractivity contribution is 6.30. The van der Waals surface area contributed by atoms with Crippen molar-refractivity contribution in [3.63, 3.8) is 0 Å². The molecule has 23 heavy (non-hydrogen) atoms. The molecule has 3 rings (SSSR count). The molecule has 0 aliphatic carbocycles. The fraction of sp³-hybridized carbons (Fsp3) is 0.111. The van der Waals surface area contributed by atoms with Gasteiger partial charge in [-0.3, -0.25) is 9.78 Å². The van der Waals surface area contributed by atoms with Crippen LogP contribution >= 0.6 is 11.6 Å². The Bertz CT molecular complexity index is 783. The minimum atomic E-state index is -0.0541. The molecule has 0 aliphatic rings. The molecule has 0 bridgehead atoms. The van der Waals surface area contributed by atoms with Gasteiger partial charge in [-0.2, -0.15) is 0 Å². The smallest absolute Gasteiger partial charge is 0.224 e. The highest BCUT2D eigenvalue weighted by Gasteiger charge is 2.10. The predicted octanol–water partition coefficient (Wildman–Crippen LogP) is 3.85. The second-order valence-electron chi connectivity index (χ2n) is 5.07. The molecule has 1 N–H and O–H groups in total. The molecule has 3 aromatic rings. The van der Waals surface area contributed by atoms with Crippen molar-refractivity contribution in [2.75, 3.05) is 0 Å². The van der Waals surface area contributed by atoms with Crippen LogP contribution in [0.3, 0.4) is 0 Å². The van der Waals surface area contributed by atoms with Crippen molar-refractivity contribution in [1.82, 2.24) is 10.3 Å². The SMILES string of the molecule is O=C(Cc1ccc(Cl)cc1)NCc1cccnc1-c1ccco1. The van der Waals surface area contributed by atoms with Gasteiger partial charge in [0.05, 0.1) is 12.7 Å². The van der Waals surface area contributed by atoms with Crippen LogP contribution in [0.15, 0.2) is 65.4 Å². The summed E-state index contributed by atoms with van der Waals surface area (Å²) in [6.45, 7) is 0.399. The molecule has 2 heterocycles. The van der Waals surface area contributed by atoms with E-state index in [2.05, 4.69) is 10.3 Å². The van der Waals surface area contributed by atoms with Crippen LogP contribution in [0.2, 0.25) is 5.02 Å². The van der Waals surface area contributed by atoms with Crippen LogP contribution in [0.4, 0.5) is 0 Å². The Morgan fingerprint density at radius 2 is 1.96 bits per heavy atom. The van der Waals surface area contributed by atoms with E-state index in [9.17, 15) is 4.79 Å². The standard InChI is InChI=1S/C18H15ClN2O2/c19-15-7-5-13(6-8-15)11-17(22)21-12-14-3-1-9-20-18(14)16-4-2-10-23-16/h1-10H,11-12H2,(H,21,22). The number of nitrogens with one attached hydrogen (secondary N) is 1. The van der Waals surface area contributed by atoms with Gasteiger partial charge in [-0.05, 0) is 35.9 Å². The molecule has 1 amide bonds. The van der Waals surface area contributed by atoms with E-state index in [-0.39, 0.29) is 5.91 Å². The topological polar surface area (TPSA) is 55.1 Å². The Balaban J connectivity index is 1.64. The lowest BCUT2D eigenvalue weighted by atomic mass is 10.1. The maximum absolute atomic E-state index is 12.1. The Morgan fingerprint density at radius 1 is 1.13 bits per heavy atom. The fourth-order valence-corrected chi connectivity index (χ4v) is 2.39. The number of rotatable bonds is 5. The zero-order valence-corrected chi connectivity index (χ0v) is 13.1. The summed E-state index contributed by atoms with van der Waals surface area (Å²) in [4.78, 5) is 16.4. The molecule has 116 valence electrons. The number of hydrogen-bond acceptors (Lipinski definition) is 3. The third-order valence-electron chi connectivity index (χ3n) is 3.40. The van der Waals surface area contributed by atoms with Gasteiger partial charge in [0.2, 0.25) is 5.91 Å². The number of benzene rings is 1. The summed E-state index contributed by atoms with van der Waals surface area (Å²) < 4.78 is 5.39. The molecule has 0 fully saturated rings. The van der Waals surface area contributed by atoms with E-state index in [1.165, 1.54) is 0 Å². The zero-order valence-electron chi connectivity index (χ0n) is 12.3. The van der Waals surface area contributed by atoms with Crippen molar-refractivity contribution in [1.29, 1.82) is 0 Å². The summed E-state index contributed by atoms with van der Waals surface area (Å²) in [6.07, 6.45) is 3.62. The molecular formula is C18H15ClN2O2. The first kappa shape index (κ1) is 15.3. The summed E-state index contributed by atoms with van der Waals surface area (Å²) >= 11 is 5.84. The predicted molar refractivity (Wildman–Crippen MR) is 88.9 cm³/mol. The van der Waals surface area contributed by atoms with Crippen LogP contribution in [-0.4, -0.2) is 10.9 Å². The number of carbonyl (C=O) groups is 1. The minimum Gasteiger partial charge on any atom is -0.463 e. The van der Waals surface area contributed by atoms with E-state index in [1.807, 2.05) is 36.4 Å². The van der Waals surface area contributed by atoms with Crippen LogP contribution in [0.1, 0.15) is 11.1 Å². The van der Waals surface area contributed by atoms with Crippen molar-refractivity contribution < 1.29 is 9.21 Å². The van der Waals surface area contributed by atoms with Gasteiger partial charge in [0.1, 0.15) is 5.69 Å². The minimum absolute atomic E-state index is 0.0541. The molecule has 0 saturated heterocycles. The van der Waals surface area contributed by atoms with Gasteiger partial charge in [0, 0.05) is 23.3 Å². The molecule has 2 aromatic heterocycles. The van der Waals surface area contributed by atoms with E-state index in [4.69, 9.17) is 16.0 Å². The van der Waals surface area contributed by atoms with Crippen LogP contribution in [0.5, 0.6) is 0 Å². The first-order valence-electron chi connectivity index (χ1n) is 7.21. The first-order chi connectivity index (χ1) is 11.2. The number of furan rings is 1. The van der Waals surface area contributed by atoms with E-state index >= 15 is 0 Å². The molecule has 0 spiro atoms. The molecule has 1 aromatic carbocycles. The largest absolute Gasteiger partial charge is 0.463 e. The Kier molecular flexibility index (Phi) is 4.74. The van der Waals surface area contributed by atoms with E-state index < -0.39 is 0 Å². The lowest BCUT2D eigenvalue weighted by Crippen LogP contribution is -2.24. The highest BCUT2D eigenvalue weighted by Crippen LogP contribution is 2.21. The summed E-state index contributed by atoms with van der Waals surface area (Å²) in [7, 11) is 0. The third-order valence-corrected chi connectivity index (χ3v) is 3.65. The van der Waals surface area contributed by atoms with Crippen LogP contribution in [-0.2, 0) is 17.8 Å². The van der Waals surface area contributed by atoms with E-state index in [0.29, 0.717) is 23.7 Å². The maximum atomic E-state index is 12.1. The molecule has 0 unspecified atom stereocenters. The second-order valence-corrected chi connectivity index (χ2v) is 5.50. The number of aromatic nitrogens is 1. The average molecular weight is 327 g/mol. The Labute approximate surface area is 139 Å². The fourth-order valence-electron chi connectivity index (χ4n) is 2.26. The van der Waals surface area contributed by atoms with Crippen molar-refractivity contribution >= 4 is 17.5 Å². The summed E-state index contributed by atoms with van der Waals surface area (Å²) in [5.41, 5.74) is 2.57. The van der Waals surface area contributed by atoms with Crippen molar-refractivity contribution in [3.8, 4) is 11.5 Å². The lowest BCUT2D eigenvalue weighted by Gasteiger charge is -2.08. The van der Waals surface area contributed by atoms with Crippen LogP contribution < -0.4 is 5.32 Å². The third kappa shape index (κ3) is 3.99. The lowest BCUT2D eigenvalue weighted by molar-refractivity contribution is -0.120. The molecule has 0 atom stereocenters. The maximum Gasteiger partial charge on any atom is 0.224 e. The van der Waals surface area contributed by atoms with Gasteiger partial charge in [-0.1, -0.05) is 29.8 Å². The molecular weight excluding hydrogens is 312 g/mol. The monoisotopic (exact) mass is 326 g/mol. The summed E-state index contributed by atoms with van der Waals surface area (Å²) in [5, 5.41) is 3.57. The van der Waals surface area contributed by atoms with E-state index in [0.717, 1.165) is 16.8 Å². The quantitative estimate of drug-likeness (QED) is 0.774. The molecule has 0 saturated carbocycles. The zero-order chi connectivity index (χ0) is 16.1. The molecule has 5 heteroatoms.